The van der Waals surface area contributed by atoms with Crippen molar-refractivity contribution in [1.82, 2.24) is 0 Å². The average Bonchev–Trinajstić information content (AvgIpc) is 3.17. The second-order valence-electron chi connectivity index (χ2n) is 4.64. The third-order valence-corrected chi connectivity index (χ3v) is 3.48. The highest BCUT2D eigenvalue weighted by Crippen LogP contribution is 2.54. The quantitative estimate of drug-likeness (QED) is 0.926. The minimum atomic E-state index is -4.65. The molecule has 0 radical (unpaired) electrons. The fourth-order valence-electron chi connectivity index (χ4n) is 2.23. The molecule has 0 amide bonds. The largest absolute Gasteiger partial charge is 0.497 e. The van der Waals surface area contributed by atoms with Crippen LogP contribution in [0.15, 0.2) is 12.1 Å². The van der Waals surface area contributed by atoms with E-state index in [0.29, 0.717) is 0 Å². The van der Waals surface area contributed by atoms with Gasteiger partial charge in [0.2, 0.25) is 0 Å². The van der Waals surface area contributed by atoms with Crippen LogP contribution in [0.5, 0.6) is 11.5 Å². The number of rotatable bonds is 4. The molecular weight excluding hydrogens is 277 g/mol. The maximum Gasteiger partial charge on any atom is 0.420 e. The van der Waals surface area contributed by atoms with Crippen molar-refractivity contribution in [2.24, 2.45) is 0 Å². The topological polar surface area (TPSA) is 55.8 Å². The molecule has 2 rings (SSSR count). The first-order valence-electron chi connectivity index (χ1n) is 5.83. The van der Waals surface area contributed by atoms with Crippen molar-refractivity contribution in [3.63, 3.8) is 0 Å². The Morgan fingerprint density at radius 1 is 1.25 bits per heavy atom. The van der Waals surface area contributed by atoms with Gasteiger partial charge < -0.3 is 14.6 Å². The van der Waals surface area contributed by atoms with E-state index in [0.717, 1.165) is 13.2 Å². The number of alkyl halides is 3. The lowest BCUT2D eigenvalue weighted by atomic mass is 9.92. The number of carbonyl (C=O) groups is 1. The van der Waals surface area contributed by atoms with Crippen molar-refractivity contribution >= 4 is 5.97 Å². The Balaban J connectivity index is 2.70. The van der Waals surface area contributed by atoms with Crippen LogP contribution in [0.3, 0.4) is 0 Å². The summed E-state index contributed by atoms with van der Waals surface area (Å²) in [5, 5.41) is 9.26. The average molecular weight is 290 g/mol. The van der Waals surface area contributed by atoms with Crippen molar-refractivity contribution in [1.29, 1.82) is 0 Å². The standard InChI is InChI=1S/C13H13F3O4/c1-19-7-5-8(12(3-4-12)11(17)18)10(20-2)9(6-7)13(14,15)16/h5-6H,3-4H2,1-2H3,(H,17,18). The number of halogens is 3. The predicted molar refractivity (Wildman–Crippen MR) is 63.1 cm³/mol. The number of carboxylic acid groups (broad SMARTS) is 1. The van der Waals surface area contributed by atoms with Gasteiger partial charge in [-0.05, 0) is 25.0 Å². The molecule has 0 spiro atoms. The first-order chi connectivity index (χ1) is 9.26. The molecule has 0 saturated heterocycles. The molecule has 0 atom stereocenters. The zero-order valence-electron chi connectivity index (χ0n) is 10.9. The lowest BCUT2D eigenvalue weighted by molar-refractivity contribution is -0.141. The second kappa shape index (κ2) is 4.57. The van der Waals surface area contributed by atoms with Crippen LogP contribution in [-0.4, -0.2) is 25.3 Å². The predicted octanol–water partition coefficient (Wildman–Crippen LogP) is 2.84. The number of hydrogen-bond acceptors (Lipinski definition) is 3. The van der Waals surface area contributed by atoms with Crippen LogP contribution in [0.25, 0.3) is 0 Å². The van der Waals surface area contributed by atoms with E-state index < -0.39 is 28.9 Å². The Morgan fingerprint density at radius 2 is 1.85 bits per heavy atom. The Bertz CT molecular complexity index is 547. The molecule has 4 nitrogen and oxygen atoms in total. The van der Waals surface area contributed by atoms with E-state index >= 15 is 0 Å². The summed E-state index contributed by atoms with van der Waals surface area (Å²) in [4.78, 5) is 11.3. The number of benzene rings is 1. The van der Waals surface area contributed by atoms with Gasteiger partial charge in [0, 0.05) is 5.56 Å². The molecule has 1 saturated carbocycles. The van der Waals surface area contributed by atoms with Gasteiger partial charge >= 0.3 is 12.1 Å². The highest BCUT2D eigenvalue weighted by atomic mass is 19.4. The summed E-state index contributed by atoms with van der Waals surface area (Å²) in [7, 11) is 2.32. The molecule has 1 aromatic rings. The van der Waals surface area contributed by atoms with Gasteiger partial charge in [0.25, 0.3) is 0 Å². The van der Waals surface area contributed by atoms with Crippen LogP contribution in [0.2, 0.25) is 0 Å². The monoisotopic (exact) mass is 290 g/mol. The molecular formula is C13H13F3O4. The Hall–Kier alpha value is -1.92. The van der Waals surface area contributed by atoms with Crippen LogP contribution >= 0.6 is 0 Å². The van der Waals surface area contributed by atoms with Crippen LogP contribution < -0.4 is 9.47 Å². The third-order valence-electron chi connectivity index (χ3n) is 3.48. The van der Waals surface area contributed by atoms with Gasteiger partial charge in [0.15, 0.2) is 0 Å². The van der Waals surface area contributed by atoms with Gasteiger partial charge in [-0.25, -0.2) is 0 Å². The molecule has 0 aromatic heterocycles. The highest BCUT2D eigenvalue weighted by Gasteiger charge is 2.55. The zero-order valence-corrected chi connectivity index (χ0v) is 10.9. The maximum absolute atomic E-state index is 13.1. The smallest absolute Gasteiger partial charge is 0.420 e. The molecule has 1 N–H and O–H groups in total. The molecule has 0 heterocycles. The van der Waals surface area contributed by atoms with Crippen molar-refractivity contribution in [2.75, 3.05) is 14.2 Å². The summed E-state index contributed by atoms with van der Waals surface area (Å²) in [6, 6.07) is 2.11. The maximum atomic E-state index is 13.1. The van der Waals surface area contributed by atoms with Gasteiger partial charge in [0.1, 0.15) is 17.1 Å². The number of aliphatic carboxylic acids is 1. The summed E-state index contributed by atoms with van der Waals surface area (Å²) in [5.41, 5.74) is -2.32. The minimum absolute atomic E-state index is 0.0131. The SMILES string of the molecule is COc1cc(C(F)(F)F)c(OC)c(C2(C(=O)O)CC2)c1. The van der Waals surface area contributed by atoms with Crippen LogP contribution in [0.1, 0.15) is 24.0 Å². The van der Waals surface area contributed by atoms with E-state index in [1.807, 2.05) is 0 Å². The molecule has 7 heteroatoms. The van der Waals surface area contributed by atoms with E-state index in [2.05, 4.69) is 0 Å². The molecule has 0 aliphatic heterocycles. The second-order valence-corrected chi connectivity index (χ2v) is 4.64. The van der Waals surface area contributed by atoms with Gasteiger partial charge in [-0.15, -0.1) is 0 Å². The zero-order chi connectivity index (χ0) is 15.1. The van der Waals surface area contributed by atoms with E-state index in [9.17, 15) is 23.1 Å². The first-order valence-corrected chi connectivity index (χ1v) is 5.83. The molecule has 1 aliphatic rings. The number of methoxy groups -OCH3 is 2. The molecule has 1 aromatic carbocycles. The van der Waals surface area contributed by atoms with Gasteiger partial charge in [-0.2, -0.15) is 13.2 Å². The molecule has 110 valence electrons. The fraction of sp³-hybridized carbons (Fsp3) is 0.462. The highest BCUT2D eigenvalue weighted by molar-refractivity contribution is 5.86. The Labute approximate surface area is 113 Å². The van der Waals surface area contributed by atoms with Crippen molar-refractivity contribution < 1.29 is 32.5 Å². The molecule has 0 unspecified atom stereocenters. The van der Waals surface area contributed by atoms with Crippen molar-refractivity contribution in [3.05, 3.63) is 23.3 Å². The summed E-state index contributed by atoms with van der Waals surface area (Å²) in [6.07, 6.45) is -4.09. The van der Waals surface area contributed by atoms with Crippen LogP contribution in [-0.2, 0) is 16.4 Å². The first kappa shape index (κ1) is 14.5. The number of carboxylic acids is 1. The number of ether oxygens (including phenoxy) is 2. The molecule has 1 aliphatic carbocycles. The van der Waals surface area contributed by atoms with E-state index in [4.69, 9.17) is 9.47 Å². The Kier molecular flexibility index (Phi) is 3.31. The fourth-order valence-corrected chi connectivity index (χ4v) is 2.23. The van der Waals surface area contributed by atoms with Crippen molar-refractivity contribution in [3.8, 4) is 11.5 Å². The van der Waals surface area contributed by atoms with Gasteiger partial charge in [0.05, 0.1) is 19.6 Å². The van der Waals surface area contributed by atoms with Gasteiger partial charge in [-0.3, -0.25) is 4.79 Å². The van der Waals surface area contributed by atoms with Gasteiger partial charge in [-0.1, -0.05) is 0 Å². The van der Waals surface area contributed by atoms with E-state index in [1.54, 1.807) is 0 Å². The van der Waals surface area contributed by atoms with E-state index in [1.165, 1.54) is 13.2 Å². The Morgan fingerprint density at radius 3 is 2.20 bits per heavy atom. The summed E-state index contributed by atoms with van der Waals surface area (Å²) < 4.78 is 48.9. The summed E-state index contributed by atoms with van der Waals surface area (Å²) in [6.45, 7) is 0. The molecule has 0 bridgehead atoms. The van der Waals surface area contributed by atoms with Crippen molar-refractivity contribution in [2.45, 2.75) is 24.4 Å². The summed E-state index contributed by atoms with van der Waals surface area (Å²) >= 11 is 0. The number of hydrogen-bond donors (Lipinski definition) is 1. The lowest BCUT2D eigenvalue weighted by Gasteiger charge is -2.20. The minimum Gasteiger partial charge on any atom is -0.497 e. The van der Waals surface area contributed by atoms with Crippen LogP contribution in [0, 0.1) is 0 Å². The molecule has 20 heavy (non-hydrogen) atoms. The third kappa shape index (κ3) is 2.17. The molecule has 1 fully saturated rings. The van der Waals surface area contributed by atoms with Crippen LogP contribution in [0.4, 0.5) is 13.2 Å². The summed E-state index contributed by atoms with van der Waals surface area (Å²) in [5.74, 6) is -1.64. The normalized spacial score (nSPS) is 16.6. The lowest BCUT2D eigenvalue weighted by Crippen LogP contribution is -2.22. The van der Waals surface area contributed by atoms with E-state index in [-0.39, 0.29) is 24.2 Å².